The quantitative estimate of drug-likeness (QED) is 0.445. The zero-order valence-electron chi connectivity index (χ0n) is 22.0. The molecule has 1 aliphatic carbocycles. The Kier molecular flexibility index (Phi) is 7.68. The number of piperidine rings is 1. The Hall–Kier alpha value is -3.75. The molecule has 1 N–H and O–H groups in total. The van der Waals surface area contributed by atoms with Gasteiger partial charge >= 0.3 is 0 Å². The van der Waals surface area contributed by atoms with Crippen LogP contribution in [0, 0.1) is 11.3 Å². The molecule has 0 spiro atoms. The van der Waals surface area contributed by atoms with Gasteiger partial charge in [0.25, 0.3) is 5.89 Å². The SMILES string of the molecule is CC(C)Oc1ccc(-c2nc(-c3cccc4c3CCC4NS(=O)(=O)CC(=O)N3CCCCC3)no2)cc1C#N. The number of hydrogen-bond acceptors (Lipinski definition) is 8. The van der Waals surface area contributed by atoms with Gasteiger partial charge < -0.3 is 14.2 Å². The highest BCUT2D eigenvalue weighted by Crippen LogP contribution is 2.38. The molecule has 5 rings (SSSR count). The fourth-order valence-electron chi connectivity index (χ4n) is 5.20. The molecule has 1 aliphatic heterocycles. The Morgan fingerprint density at radius 1 is 1.23 bits per heavy atom. The summed E-state index contributed by atoms with van der Waals surface area (Å²) in [5.74, 6) is 0.242. The fourth-order valence-corrected chi connectivity index (χ4v) is 6.47. The average molecular weight is 550 g/mol. The number of amides is 1. The van der Waals surface area contributed by atoms with E-state index in [1.807, 2.05) is 32.0 Å². The molecule has 1 atom stereocenters. The summed E-state index contributed by atoms with van der Waals surface area (Å²) in [7, 11) is -3.81. The molecule has 10 nitrogen and oxygen atoms in total. The Morgan fingerprint density at radius 2 is 2.03 bits per heavy atom. The van der Waals surface area contributed by atoms with Crippen molar-refractivity contribution in [3.63, 3.8) is 0 Å². The third-order valence-corrected chi connectivity index (χ3v) is 8.26. The summed E-state index contributed by atoms with van der Waals surface area (Å²) >= 11 is 0. The van der Waals surface area contributed by atoms with Crippen LogP contribution in [0.5, 0.6) is 5.75 Å². The van der Waals surface area contributed by atoms with Crippen LogP contribution in [0.1, 0.15) is 62.3 Å². The zero-order valence-corrected chi connectivity index (χ0v) is 22.8. The van der Waals surface area contributed by atoms with Crippen molar-refractivity contribution < 1.29 is 22.5 Å². The molecule has 2 aromatic carbocycles. The van der Waals surface area contributed by atoms with Crippen LogP contribution in [0.3, 0.4) is 0 Å². The average Bonchev–Trinajstić information content (AvgIpc) is 3.56. The van der Waals surface area contributed by atoms with Gasteiger partial charge in [0.1, 0.15) is 17.6 Å². The predicted molar refractivity (Wildman–Crippen MR) is 144 cm³/mol. The second kappa shape index (κ2) is 11.2. The molecule has 0 radical (unpaired) electrons. The monoisotopic (exact) mass is 549 g/mol. The van der Waals surface area contributed by atoms with E-state index in [0.717, 1.165) is 36.0 Å². The number of ether oxygens (including phenoxy) is 1. The van der Waals surface area contributed by atoms with E-state index in [-0.39, 0.29) is 17.9 Å². The molecule has 39 heavy (non-hydrogen) atoms. The van der Waals surface area contributed by atoms with E-state index in [9.17, 15) is 18.5 Å². The van der Waals surface area contributed by atoms with Crippen LogP contribution in [0.2, 0.25) is 0 Å². The van der Waals surface area contributed by atoms with Crippen molar-refractivity contribution in [1.82, 2.24) is 19.8 Å². The number of aromatic nitrogens is 2. The molecule has 204 valence electrons. The van der Waals surface area contributed by atoms with Crippen LogP contribution in [-0.2, 0) is 21.2 Å². The van der Waals surface area contributed by atoms with E-state index >= 15 is 0 Å². The minimum absolute atomic E-state index is 0.0680. The van der Waals surface area contributed by atoms with Crippen molar-refractivity contribution in [3.05, 3.63) is 53.1 Å². The van der Waals surface area contributed by atoms with E-state index in [1.165, 1.54) is 0 Å². The van der Waals surface area contributed by atoms with Crippen molar-refractivity contribution >= 4 is 15.9 Å². The molecular weight excluding hydrogens is 518 g/mol. The summed E-state index contributed by atoms with van der Waals surface area (Å²) in [5.41, 5.74) is 3.51. The van der Waals surface area contributed by atoms with Gasteiger partial charge in [0.15, 0.2) is 0 Å². The molecule has 2 aliphatic rings. The fraction of sp³-hybridized carbons (Fsp3) is 0.429. The van der Waals surface area contributed by atoms with Crippen LogP contribution in [-0.4, -0.2) is 54.3 Å². The molecule has 2 heterocycles. The summed E-state index contributed by atoms with van der Waals surface area (Å²) in [6, 6.07) is 12.4. The topological polar surface area (TPSA) is 138 Å². The van der Waals surface area contributed by atoms with Gasteiger partial charge in [0, 0.05) is 30.3 Å². The van der Waals surface area contributed by atoms with E-state index in [4.69, 9.17) is 9.26 Å². The molecular formula is C28H31N5O5S. The molecule has 1 amide bonds. The highest BCUT2D eigenvalue weighted by molar-refractivity contribution is 7.90. The van der Waals surface area contributed by atoms with Crippen LogP contribution < -0.4 is 9.46 Å². The molecule has 11 heteroatoms. The Balaban J connectivity index is 1.33. The first-order valence-electron chi connectivity index (χ1n) is 13.2. The minimum atomic E-state index is -3.81. The van der Waals surface area contributed by atoms with E-state index in [1.54, 1.807) is 23.1 Å². The third kappa shape index (κ3) is 5.97. The standard InChI is InChI=1S/C28H31N5O5S/c1-18(2)37-25-12-9-19(15-20(25)16-29)28-30-27(31-38-28)23-8-6-7-22-21(23)10-11-24(22)32-39(35,36)17-26(34)33-13-4-3-5-14-33/h6-9,12,15,18,24,32H,3-5,10-11,13-14,17H2,1-2H3. The Labute approximate surface area is 228 Å². The molecule has 0 bridgehead atoms. The first-order valence-corrected chi connectivity index (χ1v) is 14.8. The number of nitriles is 1. The maximum Gasteiger partial charge on any atom is 0.258 e. The number of carbonyl (C=O) groups excluding carboxylic acids is 1. The summed E-state index contributed by atoms with van der Waals surface area (Å²) in [6.07, 6.45) is 4.01. The third-order valence-electron chi connectivity index (χ3n) is 6.99. The van der Waals surface area contributed by atoms with Crippen molar-refractivity contribution in [3.8, 4) is 34.7 Å². The molecule has 1 fully saturated rings. The lowest BCUT2D eigenvalue weighted by Crippen LogP contribution is -2.42. The second-order valence-electron chi connectivity index (χ2n) is 10.2. The van der Waals surface area contributed by atoms with E-state index < -0.39 is 21.8 Å². The van der Waals surface area contributed by atoms with Gasteiger partial charge in [-0.2, -0.15) is 10.2 Å². The van der Waals surface area contributed by atoms with Gasteiger partial charge in [0.2, 0.25) is 21.8 Å². The summed E-state index contributed by atoms with van der Waals surface area (Å²) in [5, 5.41) is 13.7. The number of nitrogens with zero attached hydrogens (tertiary/aromatic N) is 4. The van der Waals surface area contributed by atoms with Crippen LogP contribution >= 0.6 is 0 Å². The van der Waals surface area contributed by atoms with Crippen LogP contribution in [0.15, 0.2) is 40.9 Å². The maximum atomic E-state index is 12.9. The number of sulfonamides is 1. The molecule has 1 saturated heterocycles. The Bertz CT molecular complexity index is 1520. The molecule has 1 unspecified atom stereocenters. The normalized spacial score (nSPS) is 17.2. The first-order chi connectivity index (χ1) is 18.7. The number of benzene rings is 2. The number of fused-ring (bicyclic) bond motifs is 1. The second-order valence-corrected chi connectivity index (χ2v) is 11.9. The molecule has 0 saturated carbocycles. The highest BCUT2D eigenvalue weighted by Gasteiger charge is 2.31. The minimum Gasteiger partial charge on any atom is -0.490 e. The van der Waals surface area contributed by atoms with Gasteiger partial charge in [-0.3, -0.25) is 4.79 Å². The number of carbonyl (C=O) groups is 1. The van der Waals surface area contributed by atoms with Crippen LogP contribution in [0.4, 0.5) is 0 Å². The zero-order chi connectivity index (χ0) is 27.6. The van der Waals surface area contributed by atoms with Crippen molar-refractivity contribution in [2.24, 2.45) is 0 Å². The van der Waals surface area contributed by atoms with Crippen molar-refractivity contribution in [2.45, 2.75) is 58.1 Å². The van der Waals surface area contributed by atoms with Crippen molar-refractivity contribution in [2.75, 3.05) is 18.8 Å². The molecule has 3 aromatic rings. The summed E-state index contributed by atoms with van der Waals surface area (Å²) < 4.78 is 39.7. The number of likely N-dealkylation sites (tertiary alicyclic amines) is 1. The lowest BCUT2D eigenvalue weighted by molar-refractivity contribution is -0.129. The van der Waals surface area contributed by atoms with Crippen LogP contribution in [0.25, 0.3) is 22.8 Å². The smallest absolute Gasteiger partial charge is 0.258 e. The van der Waals surface area contributed by atoms with Gasteiger partial charge in [-0.05, 0) is 75.3 Å². The van der Waals surface area contributed by atoms with Gasteiger partial charge in [-0.15, -0.1) is 0 Å². The Morgan fingerprint density at radius 3 is 2.77 bits per heavy atom. The number of rotatable bonds is 8. The highest BCUT2D eigenvalue weighted by atomic mass is 32.2. The summed E-state index contributed by atoms with van der Waals surface area (Å²) in [4.78, 5) is 18.8. The predicted octanol–water partition coefficient (Wildman–Crippen LogP) is 3.98. The maximum absolute atomic E-state index is 12.9. The summed E-state index contributed by atoms with van der Waals surface area (Å²) in [6.45, 7) is 5.01. The van der Waals surface area contributed by atoms with Gasteiger partial charge in [-0.25, -0.2) is 13.1 Å². The molecule has 1 aromatic heterocycles. The van der Waals surface area contributed by atoms with Gasteiger partial charge in [0.05, 0.1) is 11.7 Å². The first kappa shape index (κ1) is 26.8. The lowest BCUT2D eigenvalue weighted by atomic mass is 10.0. The largest absolute Gasteiger partial charge is 0.490 e. The van der Waals surface area contributed by atoms with Crippen molar-refractivity contribution in [1.29, 1.82) is 5.26 Å². The van der Waals surface area contributed by atoms with Gasteiger partial charge in [-0.1, -0.05) is 23.4 Å². The van der Waals surface area contributed by atoms with E-state index in [0.29, 0.717) is 48.6 Å². The number of nitrogens with one attached hydrogen (secondary N) is 1. The number of hydrogen-bond donors (Lipinski definition) is 1. The lowest BCUT2D eigenvalue weighted by Gasteiger charge is -2.26. The van der Waals surface area contributed by atoms with E-state index in [2.05, 4.69) is 20.9 Å².